The topological polar surface area (TPSA) is 32.3 Å². The molecule has 0 aliphatic carbocycles. The molecule has 0 saturated carbocycles. The summed E-state index contributed by atoms with van der Waals surface area (Å²) >= 11 is 5.82. The second-order valence-electron chi connectivity index (χ2n) is 4.21. The predicted octanol–water partition coefficient (Wildman–Crippen LogP) is 3.55. The Morgan fingerprint density at radius 1 is 1.31 bits per heavy atom. The van der Waals surface area contributed by atoms with Gasteiger partial charge in [-0.25, -0.2) is 0 Å². The van der Waals surface area contributed by atoms with Crippen molar-refractivity contribution in [1.82, 2.24) is 0 Å². The van der Waals surface area contributed by atoms with Crippen molar-refractivity contribution < 1.29 is 5.11 Å². The molecule has 2 unspecified atom stereocenters. The minimum Gasteiger partial charge on any atom is -0.394 e. The molecule has 2 nitrogen and oxygen atoms in total. The molecule has 0 aromatic heterocycles. The lowest BCUT2D eigenvalue weighted by atomic mass is 9.97. The van der Waals surface area contributed by atoms with Crippen molar-refractivity contribution in [1.29, 1.82) is 0 Å². The van der Waals surface area contributed by atoms with Crippen LogP contribution in [-0.2, 0) is 0 Å². The molecule has 2 N–H and O–H groups in total. The molecular formula is C13H20ClNO. The summed E-state index contributed by atoms with van der Waals surface area (Å²) in [4.78, 5) is 0. The fourth-order valence-corrected chi connectivity index (χ4v) is 1.91. The van der Waals surface area contributed by atoms with Gasteiger partial charge in [-0.1, -0.05) is 31.9 Å². The third-order valence-electron chi connectivity index (χ3n) is 2.82. The number of benzene rings is 1. The normalized spacial score (nSPS) is 14.5. The highest BCUT2D eigenvalue weighted by Gasteiger charge is 2.15. The molecule has 0 amide bonds. The number of rotatable bonds is 6. The van der Waals surface area contributed by atoms with Crippen molar-refractivity contribution in [3.63, 3.8) is 0 Å². The first-order valence-corrected chi connectivity index (χ1v) is 6.18. The molecule has 90 valence electrons. The lowest BCUT2D eigenvalue weighted by Gasteiger charge is -2.24. The van der Waals surface area contributed by atoms with E-state index >= 15 is 0 Å². The zero-order chi connectivity index (χ0) is 12.0. The first kappa shape index (κ1) is 13.3. The van der Waals surface area contributed by atoms with Crippen molar-refractivity contribution in [3.8, 4) is 0 Å². The zero-order valence-corrected chi connectivity index (χ0v) is 10.7. The third-order valence-corrected chi connectivity index (χ3v) is 3.08. The van der Waals surface area contributed by atoms with Crippen molar-refractivity contribution in [2.75, 3.05) is 11.9 Å². The number of aliphatic hydroxyl groups excluding tert-OH is 1. The first-order chi connectivity index (χ1) is 7.67. The largest absolute Gasteiger partial charge is 0.394 e. The predicted molar refractivity (Wildman–Crippen MR) is 70.0 cm³/mol. The monoisotopic (exact) mass is 241 g/mol. The van der Waals surface area contributed by atoms with E-state index in [-0.39, 0.29) is 12.6 Å². The summed E-state index contributed by atoms with van der Waals surface area (Å²) in [5.41, 5.74) is 1.01. The quantitative estimate of drug-likeness (QED) is 0.799. The maximum Gasteiger partial charge on any atom is 0.0635 e. The summed E-state index contributed by atoms with van der Waals surface area (Å²) in [6.45, 7) is 4.48. The Morgan fingerprint density at radius 2 is 1.94 bits per heavy atom. The van der Waals surface area contributed by atoms with Crippen LogP contribution in [0, 0.1) is 5.92 Å². The van der Waals surface area contributed by atoms with E-state index in [1.54, 1.807) is 0 Å². The summed E-state index contributed by atoms with van der Waals surface area (Å²) in [5, 5.41) is 13.4. The Hall–Kier alpha value is -0.730. The first-order valence-electron chi connectivity index (χ1n) is 5.80. The number of halogens is 1. The van der Waals surface area contributed by atoms with E-state index in [1.807, 2.05) is 24.3 Å². The van der Waals surface area contributed by atoms with Gasteiger partial charge in [0.25, 0.3) is 0 Å². The van der Waals surface area contributed by atoms with Gasteiger partial charge in [-0.15, -0.1) is 0 Å². The third kappa shape index (κ3) is 4.03. The summed E-state index contributed by atoms with van der Waals surface area (Å²) in [6.07, 6.45) is 2.26. The van der Waals surface area contributed by atoms with Crippen LogP contribution in [0.15, 0.2) is 24.3 Å². The van der Waals surface area contributed by atoms with Gasteiger partial charge in [0.1, 0.15) is 0 Å². The molecule has 0 radical (unpaired) electrons. The molecule has 0 aliphatic rings. The van der Waals surface area contributed by atoms with E-state index in [9.17, 15) is 5.11 Å². The van der Waals surface area contributed by atoms with E-state index in [2.05, 4.69) is 19.2 Å². The lowest BCUT2D eigenvalue weighted by Crippen LogP contribution is -2.30. The second-order valence-corrected chi connectivity index (χ2v) is 4.64. The Bertz CT molecular complexity index is 299. The molecule has 1 aromatic carbocycles. The average molecular weight is 242 g/mol. The molecule has 0 fully saturated rings. The molecule has 3 heteroatoms. The summed E-state index contributed by atoms with van der Waals surface area (Å²) < 4.78 is 0. The Morgan fingerprint density at radius 3 is 2.44 bits per heavy atom. The Kier molecular flexibility index (Phi) is 5.64. The molecule has 1 rings (SSSR count). The smallest absolute Gasteiger partial charge is 0.0635 e. The van der Waals surface area contributed by atoms with Gasteiger partial charge in [-0.3, -0.25) is 0 Å². The molecule has 0 heterocycles. The Labute approximate surface area is 103 Å². The molecule has 0 spiro atoms. The van der Waals surface area contributed by atoms with Gasteiger partial charge in [-0.05, 0) is 36.6 Å². The van der Waals surface area contributed by atoms with E-state index in [4.69, 9.17) is 11.6 Å². The second kappa shape index (κ2) is 6.77. The van der Waals surface area contributed by atoms with Crippen molar-refractivity contribution in [2.24, 2.45) is 5.92 Å². The van der Waals surface area contributed by atoms with E-state index in [0.717, 1.165) is 23.6 Å². The fraction of sp³-hybridized carbons (Fsp3) is 0.538. The molecular weight excluding hydrogens is 222 g/mol. The molecule has 0 bridgehead atoms. The average Bonchev–Trinajstić information content (AvgIpc) is 2.28. The SMILES string of the molecule is CCCC(C)C(CO)Nc1ccc(Cl)cc1. The lowest BCUT2D eigenvalue weighted by molar-refractivity contribution is 0.238. The van der Waals surface area contributed by atoms with Gasteiger partial charge in [-0.2, -0.15) is 0 Å². The van der Waals surface area contributed by atoms with Gasteiger partial charge in [0.05, 0.1) is 12.6 Å². The highest BCUT2D eigenvalue weighted by atomic mass is 35.5. The van der Waals surface area contributed by atoms with Crippen LogP contribution < -0.4 is 5.32 Å². The van der Waals surface area contributed by atoms with Gasteiger partial charge >= 0.3 is 0 Å². The number of aliphatic hydroxyl groups is 1. The van der Waals surface area contributed by atoms with E-state index in [1.165, 1.54) is 0 Å². The molecule has 0 saturated heterocycles. The van der Waals surface area contributed by atoms with Crippen LogP contribution in [-0.4, -0.2) is 17.8 Å². The highest BCUT2D eigenvalue weighted by molar-refractivity contribution is 6.30. The molecule has 0 aliphatic heterocycles. The Balaban J connectivity index is 2.59. The van der Waals surface area contributed by atoms with Gasteiger partial charge < -0.3 is 10.4 Å². The van der Waals surface area contributed by atoms with Gasteiger partial charge in [0, 0.05) is 10.7 Å². The van der Waals surface area contributed by atoms with Crippen LogP contribution >= 0.6 is 11.6 Å². The van der Waals surface area contributed by atoms with Crippen LogP contribution in [0.4, 0.5) is 5.69 Å². The molecule has 2 atom stereocenters. The van der Waals surface area contributed by atoms with Crippen LogP contribution in [0.3, 0.4) is 0 Å². The standard InChI is InChI=1S/C13H20ClNO/c1-3-4-10(2)13(9-16)15-12-7-5-11(14)6-8-12/h5-8,10,13,15-16H,3-4,9H2,1-2H3. The van der Waals surface area contributed by atoms with Gasteiger partial charge in [0.15, 0.2) is 0 Å². The number of hydrogen-bond acceptors (Lipinski definition) is 2. The summed E-state index contributed by atoms with van der Waals surface area (Å²) in [7, 11) is 0. The van der Waals surface area contributed by atoms with Crippen LogP contribution in [0.1, 0.15) is 26.7 Å². The van der Waals surface area contributed by atoms with Crippen LogP contribution in [0.2, 0.25) is 5.02 Å². The van der Waals surface area contributed by atoms with E-state index in [0.29, 0.717) is 5.92 Å². The zero-order valence-electron chi connectivity index (χ0n) is 9.91. The summed E-state index contributed by atoms with van der Waals surface area (Å²) in [5.74, 6) is 0.464. The van der Waals surface area contributed by atoms with Crippen molar-refractivity contribution in [2.45, 2.75) is 32.7 Å². The minimum atomic E-state index is 0.112. The maximum atomic E-state index is 9.35. The minimum absolute atomic E-state index is 0.112. The molecule has 16 heavy (non-hydrogen) atoms. The maximum absolute atomic E-state index is 9.35. The van der Waals surface area contributed by atoms with Crippen LogP contribution in [0.5, 0.6) is 0 Å². The molecule has 1 aromatic rings. The highest BCUT2D eigenvalue weighted by Crippen LogP contribution is 2.18. The van der Waals surface area contributed by atoms with Crippen molar-refractivity contribution in [3.05, 3.63) is 29.3 Å². The number of nitrogens with one attached hydrogen (secondary N) is 1. The van der Waals surface area contributed by atoms with Crippen LogP contribution in [0.25, 0.3) is 0 Å². The van der Waals surface area contributed by atoms with Gasteiger partial charge in [0.2, 0.25) is 0 Å². The van der Waals surface area contributed by atoms with Crippen molar-refractivity contribution >= 4 is 17.3 Å². The fourth-order valence-electron chi connectivity index (χ4n) is 1.78. The number of hydrogen-bond donors (Lipinski definition) is 2. The summed E-state index contributed by atoms with van der Waals surface area (Å²) in [6, 6.07) is 7.68. The van der Waals surface area contributed by atoms with E-state index < -0.39 is 0 Å². The number of anilines is 1.